The topological polar surface area (TPSA) is 57.7 Å². The van der Waals surface area contributed by atoms with Crippen LogP contribution >= 0.6 is 11.3 Å². The van der Waals surface area contributed by atoms with Gasteiger partial charge in [-0.1, -0.05) is 24.7 Å². The van der Waals surface area contributed by atoms with Crippen molar-refractivity contribution >= 4 is 32.6 Å². The minimum atomic E-state index is 0.176. The van der Waals surface area contributed by atoms with Gasteiger partial charge in [0, 0.05) is 45.7 Å². The number of fused-ring (bicyclic) bond motifs is 1. The highest BCUT2D eigenvalue weighted by molar-refractivity contribution is 7.22. The number of carbonyl (C=O) groups is 1. The van der Waals surface area contributed by atoms with Gasteiger partial charge in [-0.25, -0.2) is 4.98 Å². The van der Waals surface area contributed by atoms with Crippen molar-refractivity contribution in [2.75, 3.05) is 51.3 Å². The first-order valence-electron chi connectivity index (χ1n) is 9.38. The van der Waals surface area contributed by atoms with Crippen LogP contribution in [0.25, 0.3) is 10.2 Å². The van der Waals surface area contributed by atoms with Gasteiger partial charge in [0.1, 0.15) is 5.75 Å². The molecule has 0 aliphatic carbocycles. The third kappa shape index (κ3) is 4.86. The Hall–Kier alpha value is -1.86. The number of rotatable bonds is 8. The van der Waals surface area contributed by atoms with Gasteiger partial charge in [0.2, 0.25) is 5.91 Å². The molecule has 0 radical (unpaired) electrons. The number of piperazine rings is 1. The summed E-state index contributed by atoms with van der Waals surface area (Å²) < 4.78 is 6.46. The van der Waals surface area contributed by atoms with Gasteiger partial charge in [-0.05, 0) is 24.6 Å². The van der Waals surface area contributed by atoms with Crippen LogP contribution in [0.2, 0.25) is 0 Å². The number of ether oxygens (including phenoxy) is 1. The molecule has 142 valence electrons. The van der Waals surface area contributed by atoms with E-state index in [9.17, 15) is 4.79 Å². The second-order valence-electron chi connectivity index (χ2n) is 6.61. The van der Waals surface area contributed by atoms with Crippen LogP contribution in [0.5, 0.6) is 5.75 Å². The summed E-state index contributed by atoms with van der Waals surface area (Å²) in [6.07, 6.45) is 2.68. The first-order valence-corrected chi connectivity index (χ1v) is 10.2. The molecular weight excluding hydrogens is 348 g/mol. The lowest BCUT2D eigenvalue weighted by atomic mass is 10.2. The van der Waals surface area contributed by atoms with E-state index < -0.39 is 0 Å². The van der Waals surface area contributed by atoms with Crippen molar-refractivity contribution in [1.29, 1.82) is 0 Å². The number of benzene rings is 1. The maximum absolute atomic E-state index is 11.7. The van der Waals surface area contributed by atoms with E-state index in [1.807, 2.05) is 18.2 Å². The normalized spacial score (nSPS) is 15.4. The van der Waals surface area contributed by atoms with Gasteiger partial charge in [-0.15, -0.1) is 0 Å². The minimum absolute atomic E-state index is 0.176. The van der Waals surface area contributed by atoms with Crippen LogP contribution < -0.4 is 15.0 Å². The molecule has 1 aliphatic heterocycles. The predicted octanol–water partition coefficient (Wildman–Crippen LogP) is 2.73. The van der Waals surface area contributed by atoms with Gasteiger partial charge in [0.05, 0.1) is 17.3 Å². The van der Waals surface area contributed by atoms with E-state index in [2.05, 4.69) is 22.0 Å². The fourth-order valence-electron chi connectivity index (χ4n) is 3.10. The monoisotopic (exact) mass is 376 g/mol. The third-order valence-corrected chi connectivity index (χ3v) is 5.81. The Morgan fingerprint density at radius 3 is 2.85 bits per heavy atom. The van der Waals surface area contributed by atoms with E-state index in [4.69, 9.17) is 9.72 Å². The quantitative estimate of drug-likeness (QED) is 0.768. The Morgan fingerprint density at radius 1 is 1.31 bits per heavy atom. The fourth-order valence-corrected chi connectivity index (χ4v) is 4.14. The summed E-state index contributed by atoms with van der Waals surface area (Å²) >= 11 is 1.72. The Kier molecular flexibility index (Phi) is 6.68. The lowest BCUT2D eigenvalue weighted by Gasteiger charge is -2.34. The number of nitrogens with zero attached hydrogens (tertiary/aromatic N) is 3. The zero-order valence-corrected chi connectivity index (χ0v) is 16.5. The Bertz CT molecular complexity index is 725. The van der Waals surface area contributed by atoms with Gasteiger partial charge in [0.15, 0.2) is 5.13 Å². The number of amides is 1. The van der Waals surface area contributed by atoms with Crippen molar-refractivity contribution in [3.05, 3.63) is 18.2 Å². The van der Waals surface area contributed by atoms with Crippen LogP contribution in [-0.4, -0.2) is 62.2 Å². The molecule has 1 amide bonds. The molecule has 0 atom stereocenters. The number of hydrogen-bond donors (Lipinski definition) is 1. The molecule has 1 saturated heterocycles. The number of anilines is 1. The van der Waals surface area contributed by atoms with Gasteiger partial charge in [-0.2, -0.15) is 0 Å². The predicted molar refractivity (Wildman–Crippen MR) is 107 cm³/mol. The second kappa shape index (κ2) is 9.19. The lowest BCUT2D eigenvalue weighted by Crippen LogP contribution is -2.48. The van der Waals surface area contributed by atoms with Crippen LogP contribution in [0.3, 0.4) is 0 Å². The second-order valence-corrected chi connectivity index (χ2v) is 7.62. The fraction of sp³-hybridized carbons (Fsp3) is 0.579. The average molecular weight is 377 g/mol. The lowest BCUT2D eigenvalue weighted by molar-refractivity contribution is -0.121. The molecule has 6 nitrogen and oxygen atoms in total. The summed E-state index contributed by atoms with van der Waals surface area (Å²) in [7, 11) is 1.69. The number of thiazole rings is 1. The smallest absolute Gasteiger partial charge is 0.220 e. The highest BCUT2D eigenvalue weighted by Crippen LogP contribution is 2.31. The van der Waals surface area contributed by atoms with Crippen LogP contribution in [-0.2, 0) is 4.79 Å². The molecule has 0 bridgehead atoms. The van der Waals surface area contributed by atoms with E-state index in [-0.39, 0.29) is 5.91 Å². The third-order valence-electron chi connectivity index (χ3n) is 4.73. The van der Waals surface area contributed by atoms with Crippen molar-refractivity contribution in [3.63, 3.8) is 0 Å². The van der Waals surface area contributed by atoms with Crippen molar-refractivity contribution < 1.29 is 9.53 Å². The van der Waals surface area contributed by atoms with E-state index in [1.54, 1.807) is 18.4 Å². The highest BCUT2D eigenvalue weighted by Gasteiger charge is 2.19. The maximum atomic E-state index is 11.7. The molecule has 1 aliphatic rings. The molecule has 1 N–H and O–H groups in total. The number of nitrogens with one attached hydrogen (secondary N) is 1. The molecule has 26 heavy (non-hydrogen) atoms. The zero-order valence-electron chi connectivity index (χ0n) is 15.7. The first-order chi connectivity index (χ1) is 12.7. The molecule has 1 aromatic heterocycles. The minimum Gasteiger partial charge on any atom is -0.497 e. The largest absolute Gasteiger partial charge is 0.497 e. The average Bonchev–Trinajstić information content (AvgIpc) is 3.10. The Balaban J connectivity index is 1.45. The number of aromatic nitrogens is 1. The number of unbranched alkanes of at least 4 members (excludes halogenated alkanes) is 1. The Morgan fingerprint density at radius 2 is 2.12 bits per heavy atom. The summed E-state index contributed by atoms with van der Waals surface area (Å²) in [5, 5.41) is 4.10. The van der Waals surface area contributed by atoms with Crippen molar-refractivity contribution in [3.8, 4) is 5.75 Å². The van der Waals surface area contributed by atoms with E-state index >= 15 is 0 Å². The van der Waals surface area contributed by atoms with Crippen LogP contribution in [0, 0.1) is 0 Å². The van der Waals surface area contributed by atoms with Gasteiger partial charge in [0.25, 0.3) is 0 Å². The summed E-state index contributed by atoms with van der Waals surface area (Å²) in [4.78, 5) is 21.2. The molecule has 7 heteroatoms. The summed E-state index contributed by atoms with van der Waals surface area (Å²) in [6, 6.07) is 6.03. The molecule has 2 aromatic rings. The maximum Gasteiger partial charge on any atom is 0.220 e. The number of methoxy groups -OCH3 is 1. The summed E-state index contributed by atoms with van der Waals surface area (Å²) in [5.74, 6) is 1.05. The molecule has 3 rings (SSSR count). The molecule has 1 fully saturated rings. The number of hydrogen-bond acceptors (Lipinski definition) is 6. The standard InChI is InChI=1S/C19H28N4O2S/c1-3-4-5-18(24)20-8-9-22-10-12-23(13-11-22)19-21-16-7-6-15(25-2)14-17(16)26-19/h6-7,14H,3-5,8-13H2,1-2H3,(H,20,24). The van der Waals surface area contributed by atoms with Crippen LogP contribution in [0.1, 0.15) is 26.2 Å². The van der Waals surface area contributed by atoms with Gasteiger partial charge in [-0.3, -0.25) is 9.69 Å². The van der Waals surface area contributed by atoms with Crippen LogP contribution in [0.4, 0.5) is 5.13 Å². The Labute approximate surface area is 159 Å². The van der Waals surface area contributed by atoms with Crippen molar-refractivity contribution in [2.24, 2.45) is 0 Å². The van der Waals surface area contributed by atoms with E-state index in [0.29, 0.717) is 6.42 Å². The molecule has 2 heterocycles. The van der Waals surface area contributed by atoms with Crippen LogP contribution in [0.15, 0.2) is 18.2 Å². The molecule has 0 unspecified atom stereocenters. The van der Waals surface area contributed by atoms with E-state index in [0.717, 1.165) is 73.2 Å². The van der Waals surface area contributed by atoms with E-state index in [1.165, 1.54) is 0 Å². The van der Waals surface area contributed by atoms with Crippen molar-refractivity contribution in [2.45, 2.75) is 26.2 Å². The SMILES string of the molecule is CCCCC(=O)NCCN1CCN(c2nc3ccc(OC)cc3s2)CC1. The van der Waals surface area contributed by atoms with Crippen molar-refractivity contribution in [1.82, 2.24) is 15.2 Å². The summed E-state index contributed by atoms with van der Waals surface area (Å²) in [5.41, 5.74) is 1.03. The molecule has 0 saturated carbocycles. The molecule has 1 aromatic carbocycles. The van der Waals surface area contributed by atoms with Gasteiger partial charge >= 0.3 is 0 Å². The van der Waals surface area contributed by atoms with Gasteiger partial charge < -0.3 is 15.0 Å². The summed E-state index contributed by atoms with van der Waals surface area (Å²) in [6.45, 7) is 7.72. The zero-order chi connectivity index (χ0) is 18.4. The molecular formula is C19H28N4O2S. The number of carbonyl (C=O) groups excluding carboxylic acids is 1. The highest BCUT2D eigenvalue weighted by atomic mass is 32.1. The first kappa shape index (κ1) is 18.9. The molecule has 0 spiro atoms.